The molecule has 1 saturated heterocycles. The summed E-state index contributed by atoms with van der Waals surface area (Å²) in [5.74, 6) is -0.719. The summed E-state index contributed by atoms with van der Waals surface area (Å²) in [6.07, 6.45) is 10.4. The lowest BCUT2D eigenvalue weighted by Crippen LogP contribution is -2.54. The predicted octanol–water partition coefficient (Wildman–Crippen LogP) is 3.08. The van der Waals surface area contributed by atoms with Crippen LogP contribution in [0.2, 0.25) is 0 Å². The Bertz CT molecular complexity index is 1430. The molecule has 3 heterocycles. The van der Waals surface area contributed by atoms with E-state index in [2.05, 4.69) is 30.9 Å². The Hall–Kier alpha value is -4.06. The van der Waals surface area contributed by atoms with E-state index in [1.807, 2.05) is 13.1 Å². The number of fused-ring (bicyclic) bond motifs is 1. The number of anilines is 2. The van der Waals surface area contributed by atoms with Crippen LogP contribution in [0.1, 0.15) is 51.0 Å². The first-order chi connectivity index (χ1) is 20.8. The van der Waals surface area contributed by atoms with Crippen molar-refractivity contribution in [1.82, 2.24) is 29.7 Å². The number of benzene rings is 1. The van der Waals surface area contributed by atoms with Gasteiger partial charge in [0.15, 0.2) is 5.82 Å². The number of carbonyl (C=O) groups is 3. The number of likely N-dealkylation sites (N-methyl/N-ethyl adjacent to an activating group) is 1. The van der Waals surface area contributed by atoms with Gasteiger partial charge in [-0.05, 0) is 49.6 Å². The van der Waals surface area contributed by atoms with Gasteiger partial charge in [0, 0.05) is 51.4 Å². The third kappa shape index (κ3) is 7.48. The zero-order chi connectivity index (χ0) is 30.3. The van der Waals surface area contributed by atoms with Crippen molar-refractivity contribution in [2.75, 3.05) is 43.9 Å². The van der Waals surface area contributed by atoms with E-state index in [0.29, 0.717) is 24.5 Å². The third-order valence-corrected chi connectivity index (χ3v) is 8.52. The van der Waals surface area contributed by atoms with Crippen molar-refractivity contribution >= 4 is 34.7 Å². The molecule has 0 bridgehead atoms. The van der Waals surface area contributed by atoms with E-state index in [4.69, 9.17) is 0 Å². The predicted molar refractivity (Wildman–Crippen MR) is 162 cm³/mol. The number of halogens is 1. The summed E-state index contributed by atoms with van der Waals surface area (Å²) in [7, 11) is 2.01. The Morgan fingerprint density at radius 2 is 1.81 bits per heavy atom. The molecule has 1 aliphatic carbocycles. The lowest BCUT2D eigenvalue weighted by molar-refractivity contribution is -0.137. The number of piperazine rings is 1. The van der Waals surface area contributed by atoms with Crippen molar-refractivity contribution in [2.24, 2.45) is 5.92 Å². The van der Waals surface area contributed by atoms with Crippen LogP contribution in [0.15, 0.2) is 42.9 Å². The van der Waals surface area contributed by atoms with Crippen molar-refractivity contribution in [1.29, 1.82) is 0 Å². The van der Waals surface area contributed by atoms with Crippen LogP contribution in [0.3, 0.4) is 0 Å². The van der Waals surface area contributed by atoms with Crippen LogP contribution in [0.5, 0.6) is 0 Å². The SMILES string of the molecule is CCC(=O)N[C@H](Cc1ccc(NC(=O)[C@@H](Nc2nccn3nccc23)C2CCCCC2)c(F)c1)C(=O)N1CCN(C)CC1. The van der Waals surface area contributed by atoms with Crippen LogP contribution in [0.25, 0.3) is 5.52 Å². The normalized spacial score (nSPS) is 17.8. The van der Waals surface area contributed by atoms with E-state index in [-0.39, 0.29) is 42.2 Å². The second-order valence-corrected chi connectivity index (χ2v) is 11.6. The summed E-state index contributed by atoms with van der Waals surface area (Å²) in [4.78, 5) is 47.6. The number of nitrogens with one attached hydrogen (secondary N) is 3. The van der Waals surface area contributed by atoms with Crippen LogP contribution < -0.4 is 16.0 Å². The van der Waals surface area contributed by atoms with Crippen molar-refractivity contribution in [2.45, 2.75) is 64.0 Å². The Morgan fingerprint density at radius 1 is 1.05 bits per heavy atom. The number of aromatic nitrogens is 3. The molecule has 2 atom stereocenters. The molecule has 11 nitrogen and oxygen atoms in total. The molecule has 3 amide bonds. The van der Waals surface area contributed by atoms with Crippen molar-refractivity contribution in [3.8, 4) is 0 Å². The lowest BCUT2D eigenvalue weighted by Gasteiger charge is -2.34. The summed E-state index contributed by atoms with van der Waals surface area (Å²) >= 11 is 0. The molecular formula is C31H41FN8O3. The molecule has 5 rings (SSSR count). The molecule has 0 spiro atoms. The molecule has 230 valence electrons. The van der Waals surface area contributed by atoms with Gasteiger partial charge in [-0.25, -0.2) is 13.9 Å². The molecule has 43 heavy (non-hydrogen) atoms. The fraction of sp³-hybridized carbons (Fsp3) is 0.516. The summed E-state index contributed by atoms with van der Waals surface area (Å²) < 4.78 is 17.1. The van der Waals surface area contributed by atoms with Crippen LogP contribution in [0, 0.1) is 11.7 Å². The molecular weight excluding hydrogens is 551 g/mol. The monoisotopic (exact) mass is 592 g/mol. The first-order valence-corrected chi connectivity index (χ1v) is 15.2. The number of carbonyl (C=O) groups excluding carboxylic acids is 3. The topological polar surface area (TPSA) is 124 Å². The molecule has 1 aromatic carbocycles. The molecule has 0 unspecified atom stereocenters. The number of hydrogen-bond acceptors (Lipinski definition) is 7. The summed E-state index contributed by atoms with van der Waals surface area (Å²) in [6, 6.07) is 4.97. The standard InChI is InChI=1S/C31H41FN8O3/c1-3-27(41)35-25(31(43)39-17-15-38(2)16-18-39)20-21-9-10-24(23(32)19-21)36-30(42)28(22-7-5-4-6-8-22)37-29-26-11-12-34-40(26)14-13-33-29/h9-14,19,22,25,28H,3-8,15-18,20H2,1-2H3,(H,33,37)(H,35,41)(H,36,42)/t25-,28+/m1/s1. The molecule has 1 aliphatic heterocycles. The summed E-state index contributed by atoms with van der Waals surface area (Å²) in [6.45, 7) is 4.40. The van der Waals surface area contributed by atoms with Gasteiger partial charge >= 0.3 is 0 Å². The van der Waals surface area contributed by atoms with Gasteiger partial charge in [0.25, 0.3) is 0 Å². The first kappa shape index (κ1) is 30.4. The second kappa shape index (κ2) is 13.9. The third-order valence-electron chi connectivity index (χ3n) is 8.52. The Labute approximate surface area is 251 Å². The van der Waals surface area contributed by atoms with Gasteiger partial charge in [0.05, 0.1) is 11.9 Å². The second-order valence-electron chi connectivity index (χ2n) is 11.6. The van der Waals surface area contributed by atoms with Gasteiger partial charge in [-0.3, -0.25) is 14.4 Å². The molecule has 1 saturated carbocycles. The number of hydrogen-bond donors (Lipinski definition) is 3. The Morgan fingerprint density at radius 3 is 2.53 bits per heavy atom. The van der Waals surface area contributed by atoms with Crippen molar-refractivity contribution in [3.05, 3.63) is 54.2 Å². The fourth-order valence-electron chi connectivity index (χ4n) is 5.96. The highest BCUT2D eigenvalue weighted by Crippen LogP contribution is 2.30. The van der Waals surface area contributed by atoms with Gasteiger partial charge in [0.2, 0.25) is 17.7 Å². The smallest absolute Gasteiger partial charge is 0.247 e. The van der Waals surface area contributed by atoms with Crippen LogP contribution in [-0.4, -0.2) is 87.4 Å². The van der Waals surface area contributed by atoms with E-state index >= 15 is 4.39 Å². The molecule has 0 radical (unpaired) electrons. The van der Waals surface area contributed by atoms with E-state index in [1.165, 1.54) is 12.1 Å². The van der Waals surface area contributed by atoms with Crippen molar-refractivity contribution in [3.63, 3.8) is 0 Å². The van der Waals surface area contributed by atoms with Crippen LogP contribution >= 0.6 is 0 Å². The molecule has 2 fully saturated rings. The molecule has 2 aliphatic rings. The highest BCUT2D eigenvalue weighted by molar-refractivity contribution is 5.97. The summed E-state index contributed by atoms with van der Waals surface area (Å²) in [5, 5.41) is 13.2. The summed E-state index contributed by atoms with van der Waals surface area (Å²) in [5.41, 5.74) is 1.37. The quantitative estimate of drug-likeness (QED) is 0.331. The van der Waals surface area contributed by atoms with Gasteiger partial charge < -0.3 is 25.8 Å². The zero-order valence-corrected chi connectivity index (χ0v) is 24.9. The number of amides is 3. The van der Waals surface area contributed by atoms with Gasteiger partial charge in [-0.1, -0.05) is 32.3 Å². The van der Waals surface area contributed by atoms with Crippen LogP contribution in [-0.2, 0) is 20.8 Å². The Balaban J connectivity index is 1.30. The van der Waals surface area contributed by atoms with Gasteiger partial charge in [-0.15, -0.1) is 0 Å². The minimum absolute atomic E-state index is 0.0615. The van der Waals surface area contributed by atoms with Gasteiger partial charge in [-0.2, -0.15) is 5.10 Å². The highest BCUT2D eigenvalue weighted by Gasteiger charge is 2.32. The Kier molecular flexibility index (Phi) is 9.86. The van der Waals surface area contributed by atoms with Crippen LogP contribution in [0.4, 0.5) is 15.9 Å². The van der Waals surface area contributed by atoms with E-state index < -0.39 is 17.9 Å². The van der Waals surface area contributed by atoms with Gasteiger partial charge in [0.1, 0.15) is 23.4 Å². The first-order valence-electron chi connectivity index (χ1n) is 15.2. The van der Waals surface area contributed by atoms with E-state index in [1.54, 1.807) is 41.0 Å². The molecule has 3 aromatic rings. The minimum atomic E-state index is -0.797. The largest absolute Gasteiger partial charge is 0.356 e. The average molecular weight is 593 g/mol. The maximum atomic E-state index is 15.4. The molecule has 3 N–H and O–H groups in total. The lowest BCUT2D eigenvalue weighted by atomic mass is 9.83. The fourth-order valence-corrected chi connectivity index (χ4v) is 5.96. The number of rotatable bonds is 10. The maximum absolute atomic E-state index is 15.4. The number of nitrogens with zero attached hydrogens (tertiary/aromatic N) is 5. The molecule has 2 aromatic heterocycles. The molecule has 12 heteroatoms. The zero-order valence-electron chi connectivity index (χ0n) is 24.9. The van der Waals surface area contributed by atoms with E-state index in [9.17, 15) is 14.4 Å². The average Bonchev–Trinajstić information content (AvgIpc) is 3.51. The highest BCUT2D eigenvalue weighted by atomic mass is 19.1. The maximum Gasteiger partial charge on any atom is 0.247 e. The van der Waals surface area contributed by atoms with E-state index in [0.717, 1.165) is 50.7 Å². The minimum Gasteiger partial charge on any atom is -0.356 e. The van der Waals surface area contributed by atoms with Crippen molar-refractivity contribution < 1.29 is 18.8 Å².